The molecule has 104 valence electrons. The molecule has 1 aliphatic heterocycles. The lowest BCUT2D eigenvalue weighted by atomic mass is 9.88. The van der Waals surface area contributed by atoms with E-state index in [0.717, 1.165) is 32.8 Å². The molecule has 1 unspecified atom stereocenters. The Hall–Kier alpha value is -0.870. The molecule has 18 heavy (non-hydrogen) atoms. The molecule has 1 amide bonds. The summed E-state index contributed by atoms with van der Waals surface area (Å²) in [4.78, 5) is 14.0. The van der Waals surface area contributed by atoms with Gasteiger partial charge in [0.2, 0.25) is 5.91 Å². The largest absolute Gasteiger partial charge is 0.379 e. The molecule has 0 spiro atoms. The Morgan fingerprint density at radius 2 is 2.00 bits per heavy atom. The molecule has 0 saturated carbocycles. The van der Waals surface area contributed by atoms with Crippen molar-refractivity contribution >= 4 is 5.91 Å². The second-order valence-corrected chi connectivity index (χ2v) is 5.91. The second kappa shape index (κ2) is 6.90. The van der Waals surface area contributed by atoms with Crippen LogP contribution < -0.4 is 5.32 Å². The number of hydrogen-bond donors (Lipinski definition) is 1. The van der Waals surface area contributed by atoms with Gasteiger partial charge in [-0.15, -0.1) is 0 Å². The van der Waals surface area contributed by atoms with Crippen LogP contribution in [-0.2, 0) is 9.53 Å². The van der Waals surface area contributed by atoms with Gasteiger partial charge in [0.15, 0.2) is 0 Å². The van der Waals surface area contributed by atoms with E-state index in [1.165, 1.54) is 0 Å². The fraction of sp³-hybridized carbons (Fsp3) is 0.786. The van der Waals surface area contributed by atoms with Gasteiger partial charge in [-0.05, 0) is 12.3 Å². The van der Waals surface area contributed by atoms with Crippen LogP contribution in [0.3, 0.4) is 0 Å². The Labute approximate surface area is 110 Å². The smallest absolute Gasteiger partial charge is 0.243 e. The number of nitrogens with zero attached hydrogens (tertiary/aromatic N) is 1. The molecular weight excluding hydrogens is 228 g/mol. The van der Waals surface area contributed by atoms with Crippen LogP contribution in [0.1, 0.15) is 27.7 Å². The van der Waals surface area contributed by atoms with Gasteiger partial charge in [0.25, 0.3) is 0 Å². The van der Waals surface area contributed by atoms with E-state index in [0.29, 0.717) is 0 Å². The number of hydrogen-bond acceptors (Lipinski definition) is 3. The highest BCUT2D eigenvalue weighted by atomic mass is 16.5. The zero-order chi connectivity index (χ0) is 13.6. The van der Waals surface area contributed by atoms with E-state index in [1.807, 2.05) is 13.0 Å². The quantitative estimate of drug-likeness (QED) is 0.772. The number of carbonyl (C=O) groups excluding carboxylic acids is 1. The van der Waals surface area contributed by atoms with E-state index < -0.39 is 0 Å². The second-order valence-electron chi connectivity index (χ2n) is 5.91. The molecule has 0 aromatic rings. The summed E-state index contributed by atoms with van der Waals surface area (Å²) >= 11 is 0. The zero-order valence-corrected chi connectivity index (χ0v) is 12.0. The van der Waals surface area contributed by atoms with Crippen LogP contribution in [0, 0.1) is 5.41 Å². The summed E-state index contributed by atoms with van der Waals surface area (Å²) in [5.74, 6) is -0.00863. The lowest BCUT2D eigenvalue weighted by Crippen LogP contribution is -2.40. The first kappa shape index (κ1) is 15.2. The van der Waals surface area contributed by atoms with Crippen molar-refractivity contribution in [2.45, 2.75) is 33.7 Å². The Balaban J connectivity index is 2.26. The van der Waals surface area contributed by atoms with Crippen molar-refractivity contribution < 1.29 is 9.53 Å². The predicted molar refractivity (Wildman–Crippen MR) is 73.5 cm³/mol. The van der Waals surface area contributed by atoms with Gasteiger partial charge in [-0.2, -0.15) is 0 Å². The summed E-state index contributed by atoms with van der Waals surface area (Å²) in [5.41, 5.74) is 0.0910. The van der Waals surface area contributed by atoms with E-state index in [1.54, 1.807) is 6.08 Å². The third kappa shape index (κ3) is 5.65. The third-order valence-corrected chi connectivity index (χ3v) is 3.39. The van der Waals surface area contributed by atoms with E-state index in [-0.39, 0.29) is 17.4 Å². The third-order valence-electron chi connectivity index (χ3n) is 3.39. The number of morpholine rings is 1. The predicted octanol–water partition coefficient (Wildman–Crippen LogP) is 1.43. The van der Waals surface area contributed by atoms with Gasteiger partial charge in [0.1, 0.15) is 0 Å². The molecule has 1 atom stereocenters. The first-order chi connectivity index (χ1) is 8.39. The van der Waals surface area contributed by atoms with Gasteiger partial charge < -0.3 is 10.1 Å². The maximum Gasteiger partial charge on any atom is 0.243 e. The molecule has 1 saturated heterocycles. The monoisotopic (exact) mass is 254 g/mol. The lowest BCUT2D eigenvalue weighted by molar-refractivity contribution is -0.117. The molecule has 1 heterocycles. The summed E-state index contributed by atoms with van der Waals surface area (Å²) in [6, 6.07) is 0.165. The van der Waals surface area contributed by atoms with Crippen LogP contribution in [0.25, 0.3) is 0 Å². The standard InChI is InChI=1S/C14H26N2O2/c1-12(14(2,3)4)15-13(17)6-5-7-16-8-10-18-11-9-16/h5-6,12H,7-11H2,1-4H3,(H,15,17)/b6-5+. The molecule has 4 heteroatoms. The molecule has 4 nitrogen and oxygen atoms in total. The normalized spacial score (nSPS) is 20.0. The summed E-state index contributed by atoms with van der Waals surface area (Å²) < 4.78 is 5.27. The van der Waals surface area contributed by atoms with Crippen LogP contribution in [0.2, 0.25) is 0 Å². The highest BCUT2D eigenvalue weighted by Gasteiger charge is 2.20. The minimum Gasteiger partial charge on any atom is -0.379 e. The summed E-state index contributed by atoms with van der Waals surface area (Å²) in [5, 5.41) is 2.99. The van der Waals surface area contributed by atoms with Gasteiger partial charge in [-0.25, -0.2) is 0 Å². The fourth-order valence-electron chi connectivity index (χ4n) is 1.57. The van der Waals surface area contributed by atoms with E-state index in [9.17, 15) is 4.79 Å². The number of carbonyl (C=O) groups is 1. The average molecular weight is 254 g/mol. The van der Waals surface area contributed by atoms with Crippen molar-refractivity contribution in [2.24, 2.45) is 5.41 Å². The number of amides is 1. The summed E-state index contributed by atoms with van der Waals surface area (Å²) in [6.45, 7) is 12.7. The summed E-state index contributed by atoms with van der Waals surface area (Å²) in [7, 11) is 0. The SMILES string of the molecule is CC(NC(=O)/C=C/CN1CCOCC1)C(C)(C)C. The maximum absolute atomic E-state index is 11.7. The van der Waals surface area contributed by atoms with Crippen molar-refractivity contribution in [3.8, 4) is 0 Å². The minimum absolute atomic E-state index is 0.00863. The first-order valence-corrected chi connectivity index (χ1v) is 6.67. The molecule has 1 rings (SSSR count). The van der Waals surface area contributed by atoms with Crippen molar-refractivity contribution in [3.63, 3.8) is 0 Å². The first-order valence-electron chi connectivity index (χ1n) is 6.67. The minimum atomic E-state index is -0.00863. The van der Waals surface area contributed by atoms with Gasteiger partial charge in [0.05, 0.1) is 13.2 Å². The van der Waals surface area contributed by atoms with Gasteiger partial charge in [0, 0.05) is 31.8 Å². The van der Waals surface area contributed by atoms with Crippen molar-refractivity contribution in [1.29, 1.82) is 0 Å². The molecule has 0 radical (unpaired) electrons. The van der Waals surface area contributed by atoms with Crippen LogP contribution in [0.4, 0.5) is 0 Å². The lowest BCUT2D eigenvalue weighted by Gasteiger charge is -2.27. The van der Waals surface area contributed by atoms with Gasteiger partial charge >= 0.3 is 0 Å². The molecule has 1 fully saturated rings. The van der Waals surface area contributed by atoms with Crippen molar-refractivity contribution in [3.05, 3.63) is 12.2 Å². The number of ether oxygens (including phenoxy) is 1. The summed E-state index contributed by atoms with van der Waals surface area (Å²) in [6.07, 6.45) is 3.56. The highest BCUT2D eigenvalue weighted by Crippen LogP contribution is 2.18. The van der Waals surface area contributed by atoms with Crippen LogP contribution in [0.5, 0.6) is 0 Å². The Morgan fingerprint density at radius 1 is 1.39 bits per heavy atom. The van der Waals surface area contributed by atoms with Crippen LogP contribution in [0.15, 0.2) is 12.2 Å². The fourth-order valence-corrected chi connectivity index (χ4v) is 1.57. The number of rotatable bonds is 4. The molecule has 0 bridgehead atoms. The molecule has 1 aliphatic rings. The number of nitrogens with one attached hydrogen (secondary N) is 1. The molecular formula is C14H26N2O2. The van der Waals surface area contributed by atoms with E-state index in [2.05, 4.69) is 31.0 Å². The highest BCUT2D eigenvalue weighted by molar-refractivity contribution is 5.87. The van der Waals surface area contributed by atoms with E-state index >= 15 is 0 Å². The molecule has 0 aromatic heterocycles. The zero-order valence-electron chi connectivity index (χ0n) is 12.0. The Morgan fingerprint density at radius 3 is 2.56 bits per heavy atom. The van der Waals surface area contributed by atoms with Crippen molar-refractivity contribution in [2.75, 3.05) is 32.8 Å². The topological polar surface area (TPSA) is 41.6 Å². The molecule has 0 aliphatic carbocycles. The Kier molecular flexibility index (Phi) is 5.82. The maximum atomic E-state index is 11.7. The molecule has 1 N–H and O–H groups in total. The van der Waals surface area contributed by atoms with E-state index in [4.69, 9.17) is 4.74 Å². The van der Waals surface area contributed by atoms with Crippen LogP contribution >= 0.6 is 0 Å². The van der Waals surface area contributed by atoms with Gasteiger partial charge in [-0.3, -0.25) is 9.69 Å². The Bertz CT molecular complexity index is 289. The van der Waals surface area contributed by atoms with Crippen molar-refractivity contribution in [1.82, 2.24) is 10.2 Å². The molecule has 0 aromatic carbocycles. The van der Waals surface area contributed by atoms with Crippen LogP contribution in [-0.4, -0.2) is 49.7 Å². The van der Waals surface area contributed by atoms with Gasteiger partial charge in [-0.1, -0.05) is 26.8 Å². The average Bonchev–Trinajstić information content (AvgIpc) is 2.29.